The van der Waals surface area contributed by atoms with Gasteiger partial charge in [-0.15, -0.1) is 23.1 Å². The number of nitrogens with one attached hydrogen (secondary N) is 1. The first-order chi connectivity index (χ1) is 13.0. The van der Waals surface area contributed by atoms with Crippen molar-refractivity contribution in [3.05, 3.63) is 39.4 Å². The van der Waals surface area contributed by atoms with Crippen LogP contribution < -0.4 is 5.32 Å². The van der Waals surface area contributed by atoms with Crippen LogP contribution >= 0.6 is 23.1 Å². The van der Waals surface area contributed by atoms with Crippen LogP contribution in [0, 0.1) is 19.8 Å². The molecule has 0 aromatic carbocycles. The van der Waals surface area contributed by atoms with Gasteiger partial charge in [-0.2, -0.15) is 0 Å². The molecule has 1 unspecified atom stereocenters. The molecule has 0 aliphatic carbocycles. The molecule has 0 radical (unpaired) electrons. The van der Waals surface area contributed by atoms with Crippen molar-refractivity contribution < 1.29 is 9.32 Å². The molecule has 1 atom stereocenters. The Kier molecular flexibility index (Phi) is 7.38. The van der Waals surface area contributed by atoms with Crippen molar-refractivity contribution in [2.45, 2.75) is 45.4 Å². The molecule has 2 aromatic rings. The number of rotatable bonds is 8. The fraction of sp³-hybridized carbons (Fsp3) is 0.600. The molecular weight excluding hydrogens is 378 g/mol. The third-order valence-corrected chi connectivity index (χ3v) is 7.22. The summed E-state index contributed by atoms with van der Waals surface area (Å²) >= 11 is 3.39. The van der Waals surface area contributed by atoms with Crippen molar-refractivity contribution in [2.24, 2.45) is 5.92 Å². The summed E-state index contributed by atoms with van der Waals surface area (Å²) in [5, 5.41) is 9.24. The second-order valence-electron chi connectivity index (χ2n) is 7.35. The molecule has 1 saturated heterocycles. The summed E-state index contributed by atoms with van der Waals surface area (Å²) in [7, 11) is 0. The summed E-state index contributed by atoms with van der Waals surface area (Å²) in [5.74, 6) is 2.96. The molecule has 27 heavy (non-hydrogen) atoms. The molecule has 1 fully saturated rings. The minimum Gasteiger partial charge on any atom is -0.361 e. The average Bonchev–Trinajstić information content (AvgIpc) is 3.29. The van der Waals surface area contributed by atoms with E-state index in [-0.39, 0.29) is 11.9 Å². The quantitative estimate of drug-likeness (QED) is 0.711. The lowest BCUT2D eigenvalue weighted by atomic mass is 9.97. The third-order valence-electron chi connectivity index (χ3n) is 5.28. The maximum absolute atomic E-state index is 12.4. The third kappa shape index (κ3) is 5.59. The van der Waals surface area contributed by atoms with Gasteiger partial charge in [0, 0.05) is 22.7 Å². The van der Waals surface area contributed by atoms with Crippen LogP contribution in [0.1, 0.15) is 47.7 Å². The summed E-state index contributed by atoms with van der Waals surface area (Å²) in [6.45, 7) is 9.09. The summed E-state index contributed by atoms with van der Waals surface area (Å²) in [4.78, 5) is 16.2. The fourth-order valence-corrected chi connectivity index (χ4v) is 5.31. The van der Waals surface area contributed by atoms with Gasteiger partial charge >= 0.3 is 0 Å². The van der Waals surface area contributed by atoms with Crippen LogP contribution in [-0.4, -0.2) is 41.4 Å². The lowest BCUT2D eigenvalue weighted by molar-refractivity contribution is -0.118. The molecule has 3 heterocycles. The standard InChI is InChI=1S/C20H29N3O2S2/c1-14-6-8-23(9-7-14)18(19-5-4-10-27-19)11-21-20(24)13-26-12-17-15(2)22-25-16(17)3/h4-5,10,14,18H,6-9,11-13H2,1-3H3,(H,21,24). The van der Waals surface area contributed by atoms with E-state index in [0.29, 0.717) is 12.3 Å². The Morgan fingerprint density at radius 3 is 2.85 bits per heavy atom. The van der Waals surface area contributed by atoms with Crippen LogP contribution in [0.3, 0.4) is 0 Å². The minimum absolute atomic E-state index is 0.0960. The van der Waals surface area contributed by atoms with Crippen LogP contribution in [0.4, 0.5) is 0 Å². The van der Waals surface area contributed by atoms with Gasteiger partial charge < -0.3 is 9.84 Å². The monoisotopic (exact) mass is 407 g/mol. The Bertz CT molecular complexity index is 702. The Morgan fingerprint density at radius 1 is 1.44 bits per heavy atom. The molecule has 7 heteroatoms. The van der Waals surface area contributed by atoms with E-state index in [2.05, 4.69) is 39.8 Å². The van der Waals surface area contributed by atoms with Crippen molar-refractivity contribution >= 4 is 29.0 Å². The van der Waals surface area contributed by atoms with Crippen LogP contribution in [0.15, 0.2) is 22.0 Å². The molecule has 1 aliphatic rings. The molecule has 148 valence electrons. The molecule has 1 aliphatic heterocycles. The van der Waals surface area contributed by atoms with E-state index in [4.69, 9.17) is 4.52 Å². The molecule has 5 nitrogen and oxygen atoms in total. The Morgan fingerprint density at radius 2 is 2.22 bits per heavy atom. The summed E-state index contributed by atoms with van der Waals surface area (Å²) in [6.07, 6.45) is 2.48. The minimum atomic E-state index is 0.0960. The van der Waals surface area contributed by atoms with E-state index < -0.39 is 0 Å². The smallest absolute Gasteiger partial charge is 0.230 e. The van der Waals surface area contributed by atoms with Gasteiger partial charge in [-0.3, -0.25) is 9.69 Å². The summed E-state index contributed by atoms with van der Waals surface area (Å²) in [6, 6.07) is 4.57. The largest absolute Gasteiger partial charge is 0.361 e. The van der Waals surface area contributed by atoms with Gasteiger partial charge in [0.25, 0.3) is 0 Å². The number of hydrogen-bond donors (Lipinski definition) is 1. The topological polar surface area (TPSA) is 58.4 Å². The predicted molar refractivity (Wildman–Crippen MR) is 112 cm³/mol. The average molecular weight is 408 g/mol. The Balaban J connectivity index is 1.48. The zero-order valence-corrected chi connectivity index (χ0v) is 18.0. The van der Waals surface area contributed by atoms with Gasteiger partial charge in [-0.05, 0) is 57.1 Å². The van der Waals surface area contributed by atoms with E-state index in [1.165, 1.54) is 17.7 Å². The number of thioether (sulfide) groups is 1. The highest BCUT2D eigenvalue weighted by Crippen LogP contribution is 2.29. The van der Waals surface area contributed by atoms with Crippen LogP contribution in [0.5, 0.6) is 0 Å². The molecule has 3 rings (SSSR count). The van der Waals surface area contributed by atoms with Gasteiger partial charge in [0.05, 0.1) is 17.5 Å². The van der Waals surface area contributed by atoms with E-state index >= 15 is 0 Å². The number of carbonyl (C=O) groups is 1. The molecule has 0 bridgehead atoms. The zero-order valence-electron chi connectivity index (χ0n) is 16.4. The lowest BCUT2D eigenvalue weighted by Crippen LogP contribution is -2.42. The van der Waals surface area contributed by atoms with Crippen molar-refractivity contribution in [3.63, 3.8) is 0 Å². The highest BCUT2D eigenvalue weighted by molar-refractivity contribution is 7.99. The number of hydrogen-bond acceptors (Lipinski definition) is 6. The highest BCUT2D eigenvalue weighted by Gasteiger charge is 2.25. The number of amides is 1. The molecular formula is C20H29N3O2S2. The van der Waals surface area contributed by atoms with Crippen molar-refractivity contribution in [2.75, 3.05) is 25.4 Å². The number of thiophene rings is 1. The predicted octanol–water partition coefficient (Wildman–Crippen LogP) is 4.18. The second-order valence-corrected chi connectivity index (χ2v) is 9.31. The second kappa shape index (κ2) is 9.75. The maximum atomic E-state index is 12.4. The van der Waals surface area contributed by atoms with E-state index in [1.807, 2.05) is 13.8 Å². The fourth-order valence-electron chi connectivity index (χ4n) is 3.45. The number of nitrogens with zero attached hydrogens (tertiary/aromatic N) is 2. The van der Waals surface area contributed by atoms with Gasteiger partial charge in [-0.25, -0.2) is 0 Å². The SMILES string of the molecule is Cc1noc(C)c1CSCC(=O)NCC(c1cccs1)N1CCC(C)CC1. The highest BCUT2D eigenvalue weighted by atomic mass is 32.2. The molecule has 1 N–H and O–H groups in total. The number of carbonyl (C=O) groups excluding carboxylic acids is 1. The number of aryl methyl sites for hydroxylation is 2. The van der Waals surface area contributed by atoms with Crippen molar-refractivity contribution in [1.29, 1.82) is 0 Å². The van der Waals surface area contributed by atoms with Crippen LogP contribution in [0.25, 0.3) is 0 Å². The Labute approximate surface area is 169 Å². The van der Waals surface area contributed by atoms with Gasteiger partial charge in [-0.1, -0.05) is 18.1 Å². The molecule has 2 aromatic heterocycles. The zero-order chi connectivity index (χ0) is 19.2. The van der Waals surface area contributed by atoms with Crippen molar-refractivity contribution in [1.82, 2.24) is 15.4 Å². The first kappa shape index (κ1) is 20.4. The lowest BCUT2D eigenvalue weighted by Gasteiger charge is -2.36. The van der Waals surface area contributed by atoms with E-state index in [9.17, 15) is 4.79 Å². The Hall–Kier alpha value is -1.31. The first-order valence-corrected chi connectivity index (χ1v) is 11.6. The number of likely N-dealkylation sites (tertiary alicyclic amines) is 1. The summed E-state index contributed by atoms with van der Waals surface area (Å²) < 4.78 is 5.18. The number of piperidine rings is 1. The normalized spacial score (nSPS) is 17.1. The van der Waals surface area contributed by atoms with Crippen molar-refractivity contribution in [3.8, 4) is 0 Å². The number of aromatic nitrogens is 1. The first-order valence-electron chi connectivity index (χ1n) is 9.58. The van der Waals surface area contributed by atoms with Gasteiger partial charge in [0.1, 0.15) is 5.76 Å². The molecule has 0 spiro atoms. The van der Waals surface area contributed by atoms with E-state index in [1.54, 1.807) is 23.1 Å². The maximum Gasteiger partial charge on any atom is 0.230 e. The van der Waals surface area contributed by atoms with E-state index in [0.717, 1.165) is 41.8 Å². The molecule has 0 saturated carbocycles. The van der Waals surface area contributed by atoms with Crippen LogP contribution in [0.2, 0.25) is 0 Å². The molecule has 1 amide bonds. The van der Waals surface area contributed by atoms with Gasteiger partial charge in [0.2, 0.25) is 5.91 Å². The van der Waals surface area contributed by atoms with Gasteiger partial charge in [0.15, 0.2) is 0 Å². The van der Waals surface area contributed by atoms with Crippen LogP contribution in [-0.2, 0) is 10.5 Å². The summed E-state index contributed by atoms with van der Waals surface area (Å²) in [5.41, 5.74) is 2.02.